The van der Waals surface area contributed by atoms with Gasteiger partial charge in [-0.2, -0.15) is 0 Å². The number of benzene rings is 2. The molecule has 1 amide bonds. The first-order chi connectivity index (χ1) is 12.7. The number of anilines is 3. The van der Waals surface area contributed by atoms with Crippen LogP contribution in [0.5, 0.6) is 5.75 Å². The molecule has 2 aromatic rings. The molecule has 1 fully saturated rings. The highest BCUT2D eigenvalue weighted by atomic mass is 16.5. The molecule has 1 saturated heterocycles. The minimum Gasteiger partial charge on any atom is -0.497 e. The van der Waals surface area contributed by atoms with E-state index in [0.29, 0.717) is 13.0 Å². The average Bonchev–Trinajstić information content (AvgIpc) is 2.69. The number of piperidine rings is 1. The molecule has 0 aromatic heterocycles. The minimum atomic E-state index is -0.0179. The molecule has 0 spiro atoms. The minimum absolute atomic E-state index is 0.0179. The molecule has 5 nitrogen and oxygen atoms in total. The summed E-state index contributed by atoms with van der Waals surface area (Å²) in [7, 11) is 1.61. The third-order valence-electron chi connectivity index (χ3n) is 4.62. The van der Waals surface area contributed by atoms with E-state index in [1.54, 1.807) is 7.11 Å². The number of ether oxygens (including phenoxy) is 1. The standard InChI is InChI=1S/C21H27N3O2/c1-26-20-7-5-6-18(16-20)23-21(25)12-13-22-17-8-10-19(11-9-17)24-14-3-2-4-15-24/h5-11,16,22H,2-4,12-15H2,1H3,(H,23,25). The van der Waals surface area contributed by atoms with Gasteiger partial charge < -0.3 is 20.3 Å². The van der Waals surface area contributed by atoms with Gasteiger partial charge in [-0.15, -0.1) is 0 Å². The maximum absolute atomic E-state index is 12.1. The van der Waals surface area contributed by atoms with E-state index in [2.05, 4.69) is 39.8 Å². The van der Waals surface area contributed by atoms with Gasteiger partial charge in [-0.25, -0.2) is 0 Å². The van der Waals surface area contributed by atoms with Gasteiger partial charge in [0.2, 0.25) is 5.91 Å². The predicted molar refractivity (Wildman–Crippen MR) is 107 cm³/mol. The number of carbonyl (C=O) groups excluding carboxylic acids is 1. The van der Waals surface area contributed by atoms with Crippen molar-refractivity contribution in [1.82, 2.24) is 0 Å². The highest BCUT2D eigenvalue weighted by Gasteiger charge is 2.10. The van der Waals surface area contributed by atoms with Crippen LogP contribution < -0.4 is 20.3 Å². The zero-order valence-corrected chi connectivity index (χ0v) is 15.3. The summed E-state index contributed by atoms with van der Waals surface area (Å²) >= 11 is 0. The summed E-state index contributed by atoms with van der Waals surface area (Å²) in [6.45, 7) is 2.90. The molecule has 5 heteroatoms. The molecular weight excluding hydrogens is 326 g/mol. The molecule has 26 heavy (non-hydrogen) atoms. The van der Waals surface area contributed by atoms with Crippen LogP contribution in [0, 0.1) is 0 Å². The van der Waals surface area contributed by atoms with E-state index >= 15 is 0 Å². The molecule has 138 valence electrons. The molecule has 0 saturated carbocycles. The van der Waals surface area contributed by atoms with E-state index < -0.39 is 0 Å². The van der Waals surface area contributed by atoms with Gasteiger partial charge in [-0.05, 0) is 55.7 Å². The van der Waals surface area contributed by atoms with Crippen molar-refractivity contribution in [2.24, 2.45) is 0 Å². The Labute approximate surface area is 155 Å². The largest absolute Gasteiger partial charge is 0.497 e. The van der Waals surface area contributed by atoms with Crippen LogP contribution in [0.2, 0.25) is 0 Å². The van der Waals surface area contributed by atoms with Crippen molar-refractivity contribution in [3.63, 3.8) is 0 Å². The fourth-order valence-electron chi connectivity index (χ4n) is 3.19. The highest BCUT2D eigenvalue weighted by Crippen LogP contribution is 2.22. The molecule has 1 heterocycles. The van der Waals surface area contributed by atoms with E-state index in [4.69, 9.17) is 4.74 Å². The first-order valence-electron chi connectivity index (χ1n) is 9.27. The normalized spacial score (nSPS) is 14.0. The van der Waals surface area contributed by atoms with Gasteiger partial charge in [0.05, 0.1) is 7.11 Å². The molecule has 0 aliphatic carbocycles. The van der Waals surface area contributed by atoms with Crippen molar-refractivity contribution < 1.29 is 9.53 Å². The zero-order chi connectivity index (χ0) is 18.2. The molecule has 0 atom stereocenters. The monoisotopic (exact) mass is 353 g/mol. The number of nitrogens with zero attached hydrogens (tertiary/aromatic N) is 1. The van der Waals surface area contributed by atoms with Crippen LogP contribution >= 0.6 is 0 Å². The molecule has 3 rings (SSSR count). The summed E-state index contributed by atoms with van der Waals surface area (Å²) in [4.78, 5) is 14.5. The van der Waals surface area contributed by atoms with Gasteiger partial charge in [0, 0.05) is 49.2 Å². The third-order valence-corrected chi connectivity index (χ3v) is 4.62. The summed E-state index contributed by atoms with van der Waals surface area (Å²) < 4.78 is 5.16. The topological polar surface area (TPSA) is 53.6 Å². The number of rotatable bonds is 7. The van der Waals surface area contributed by atoms with Gasteiger partial charge in [0.15, 0.2) is 0 Å². The number of hydrogen-bond acceptors (Lipinski definition) is 4. The van der Waals surface area contributed by atoms with E-state index in [-0.39, 0.29) is 5.91 Å². The molecule has 0 bridgehead atoms. The second-order valence-electron chi connectivity index (χ2n) is 6.55. The van der Waals surface area contributed by atoms with Crippen LogP contribution in [0.3, 0.4) is 0 Å². The lowest BCUT2D eigenvalue weighted by Gasteiger charge is -2.28. The third kappa shape index (κ3) is 5.15. The Bertz CT molecular complexity index is 709. The molecule has 1 aliphatic rings. The Kier molecular flexibility index (Phi) is 6.36. The Hall–Kier alpha value is -2.69. The second kappa shape index (κ2) is 9.13. The molecule has 2 aromatic carbocycles. The van der Waals surface area contributed by atoms with Crippen LogP contribution in [0.25, 0.3) is 0 Å². The molecule has 2 N–H and O–H groups in total. The summed E-state index contributed by atoms with van der Waals surface area (Å²) in [6, 6.07) is 15.9. The lowest BCUT2D eigenvalue weighted by atomic mass is 10.1. The maximum atomic E-state index is 12.1. The van der Waals surface area contributed by atoms with Crippen molar-refractivity contribution in [3.8, 4) is 5.75 Å². The molecule has 0 unspecified atom stereocenters. The number of nitrogens with one attached hydrogen (secondary N) is 2. The van der Waals surface area contributed by atoms with Crippen LogP contribution in [0.1, 0.15) is 25.7 Å². The lowest BCUT2D eigenvalue weighted by molar-refractivity contribution is -0.115. The van der Waals surface area contributed by atoms with Crippen LogP contribution in [-0.4, -0.2) is 32.7 Å². The van der Waals surface area contributed by atoms with Gasteiger partial charge >= 0.3 is 0 Å². The summed E-state index contributed by atoms with van der Waals surface area (Å²) in [5, 5.41) is 6.20. The van der Waals surface area contributed by atoms with E-state index in [0.717, 1.165) is 30.2 Å². The fraction of sp³-hybridized carbons (Fsp3) is 0.381. The maximum Gasteiger partial charge on any atom is 0.226 e. The van der Waals surface area contributed by atoms with Crippen molar-refractivity contribution >= 4 is 23.0 Å². The SMILES string of the molecule is COc1cccc(NC(=O)CCNc2ccc(N3CCCCC3)cc2)c1. The van der Waals surface area contributed by atoms with Gasteiger partial charge in [0.25, 0.3) is 0 Å². The first-order valence-corrected chi connectivity index (χ1v) is 9.27. The number of carbonyl (C=O) groups is 1. The van der Waals surface area contributed by atoms with Crippen LogP contribution in [-0.2, 0) is 4.79 Å². The summed E-state index contributed by atoms with van der Waals surface area (Å²) in [6.07, 6.45) is 4.31. The second-order valence-corrected chi connectivity index (χ2v) is 6.55. The highest BCUT2D eigenvalue weighted by molar-refractivity contribution is 5.91. The summed E-state index contributed by atoms with van der Waals surface area (Å²) in [5.74, 6) is 0.713. The molecule has 0 radical (unpaired) electrons. The Morgan fingerprint density at radius 1 is 1.04 bits per heavy atom. The van der Waals surface area contributed by atoms with E-state index in [1.165, 1.54) is 24.9 Å². The Morgan fingerprint density at radius 2 is 1.81 bits per heavy atom. The number of hydrogen-bond donors (Lipinski definition) is 2. The fourth-order valence-corrected chi connectivity index (χ4v) is 3.19. The van der Waals surface area contributed by atoms with Gasteiger partial charge in [-0.3, -0.25) is 4.79 Å². The smallest absolute Gasteiger partial charge is 0.226 e. The Morgan fingerprint density at radius 3 is 2.54 bits per heavy atom. The van der Waals surface area contributed by atoms with Crippen molar-refractivity contribution in [1.29, 1.82) is 0 Å². The van der Waals surface area contributed by atoms with Crippen molar-refractivity contribution in [2.45, 2.75) is 25.7 Å². The molecule has 1 aliphatic heterocycles. The average molecular weight is 353 g/mol. The zero-order valence-electron chi connectivity index (χ0n) is 15.3. The van der Waals surface area contributed by atoms with Crippen molar-refractivity contribution in [2.75, 3.05) is 42.3 Å². The lowest BCUT2D eigenvalue weighted by Crippen LogP contribution is -2.29. The van der Waals surface area contributed by atoms with E-state index in [1.807, 2.05) is 24.3 Å². The number of methoxy groups -OCH3 is 1. The van der Waals surface area contributed by atoms with Crippen molar-refractivity contribution in [3.05, 3.63) is 48.5 Å². The molecular formula is C21H27N3O2. The van der Waals surface area contributed by atoms with Gasteiger partial charge in [0.1, 0.15) is 5.75 Å². The van der Waals surface area contributed by atoms with Crippen LogP contribution in [0.15, 0.2) is 48.5 Å². The van der Waals surface area contributed by atoms with E-state index in [9.17, 15) is 4.79 Å². The number of amides is 1. The van der Waals surface area contributed by atoms with Gasteiger partial charge in [-0.1, -0.05) is 6.07 Å². The quantitative estimate of drug-likeness (QED) is 0.786. The predicted octanol–water partition coefficient (Wildman–Crippen LogP) is 4.13. The first kappa shape index (κ1) is 18.1. The summed E-state index contributed by atoms with van der Waals surface area (Å²) in [5.41, 5.74) is 3.08. The Balaban J connectivity index is 1.43. The van der Waals surface area contributed by atoms with Crippen LogP contribution in [0.4, 0.5) is 17.1 Å².